The van der Waals surface area contributed by atoms with Crippen molar-refractivity contribution < 1.29 is 31.9 Å². The van der Waals surface area contributed by atoms with Gasteiger partial charge in [-0.2, -0.15) is 8.78 Å². The van der Waals surface area contributed by atoms with Gasteiger partial charge < -0.3 is 4.74 Å². The van der Waals surface area contributed by atoms with Gasteiger partial charge in [0.1, 0.15) is 5.57 Å². The Bertz CT molecular complexity index is 524. The van der Waals surface area contributed by atoms with Gasteiger partial charge >= 0.3 is 18.3 Å². The third-order valence-corrected chi connectivity index (χ3v) is 2.34. The monoisotopic (exact) mass is 290 g/mol. The van der Waals surface area contributed by atoms with Crippen LogP contribution in [0.4, 0.5) is 17.6 Å². The lowest BCUT2D eigenvalue weighted by Gasteiger charge is -2.14. The van der Waals surface area contributed by atoms with E-state index in [4.69, 9.17) is 0 Å². The van der Waals surface area contributed by atoms with Crippen LogP contribution in [0.2, 0.25) is 0 Å². The molecular formula is C13H10F4O3. The number of carbonyl (C=O) groups excluding carboxylic acids is 2. The number of ketones is 1. The van der Waals surface area contributed by atoms with E-state index in [-0.39, 0.29) is 5.56 Å². The molecule has 0 spiro atoms. The molecule has 1 aromatic carbocycles. The summed E-state index contributed by atoms with van der Waals surface area (Å²) in [5.41, 5.74) is -0.907. The normalized spacial score (nSPS) is 12.4. The minimum absolute atomic E-state index is 0.228. The van der Waals surface area contributed by atoms with Crippen LogP contribution in [0.15, 0.2) is 35.9 Å². The number of esters is 1. The van der Waals surface area contributed by atoms with Gasteiger partial charge in [0.25, 0.3) is 0 Å². The maximum absolute atomic E-state index is 13.0. The van der Waals surface area contributed by atoms with E-state index < -0.39 is 29.7 Å². The predicted octanol–water partition coefficient (Wildman–Crippen LogP) is 2.71. The Balaban J connectivity index is 3.25. The Hall–Kier alpha value is -2.18. The van der Waals surface area contributed by atoms with Crippen LogP contribution in [-0.4, -0.2) is 31.2 Å². The Labute approximate surface area is 111 Å². The molecule has 0 saturated heterocycles. The van der Waals surface area contributed by atoms with Crippen LogP contribution in [0.25, 0.3) is 6.08 Å². The van der Waals surface area contributed by atoms with Crippen molar-refractivity contribution in [1.29, 1.82) is 0 Å². The molecule has 1 aromatic rings. The molecule has 7 heteroatoms. The molecule has 1 rings (SSSR count). The Morgan fingerprint density at radius 2 is 1.75 bits per heavy atom. The summed E-state index contributed by atoms with van der Waals surface area (Å²) in [6.07, 6.45) is -3.43. The highest BCUT2D eigenvalue weighted by Gasteiger charge is 2.51. The van der Waals surface area contributed by atoms with E-state index in [1.165, 1.54) is 24.3 Å². The van der Waals surface area contributed by atoms with Crippen LogP contribution >= 0.6 is 0 Å². The minimum Gasteiger partial charge on any atom is -0.465 e. The van der Waals surface area contributed by atoms with Crippen LogP contribution in [0.3, 0.4) is 0 Å². The summed E-state index contributed by atoms with van der Waals surface area (Å²) < 4.78 is 54.6. The van der Waals surface area contributed by atoms with Crippen LogP contribution in [0.1, 0.15) is 5.56 Å². The number of hydrogen-bond acceptors (Lipinski definition) is 3. The first-order valence-electron chi connectivity index (χ1n) is 5.36. The van der Waals surface area contributed by atoms with Crippen molar-refractivity contribution in [3.8, 4) is 0 Å². The number of benzene rings is 1. The molecule has 108 valence electrons. The van der Waals surface area contributed by atoms with E-state index in [9.17, 15) is 27.2 Å². The third kappa shape index (κ3) is 3.43. The van der Waals surface area contributed by atoms with Gasteiger partial charge in [0.15, 0.2) is 0 Å². The van der Waals surface area contributed by atoms with Crippen molar-refractivity contribution in [2.24, 2.45) is 0 Å². The van der Waals surface area contributed by atoms with E-state index in [0.717, 1.165) is 13.2 Å². The van der Waals surface area contributed by atoms with Crippen molar-refractivity contribution in [3.63, 3.8) is 0 Å². The average Bonchev–Trinajstić information content (AvgIpc) is 2.44. The standard InChI is InChI=1S/C13H10F4O3/c1-20-11(19)9(7-8-5-3-2-4-6-8)10(18)13(16,17)12(14)15/h2-7,12H,1H3. The molecule has 0 heterocycles. The first-order valence-corrected chi connectivity index (χ1v) is 5.36. The zero-order valence-corrected chi connectivity index (χ0v) is 10.3. The summed E-state index contributed by atoms with van der Waals surface area (Å²) in [6.45, 7) is 0. The highest BCUT2D eigenvalue weighted by atomic mass is 19.3. The second kappa shape index (κ2) is 6.31. The maximum Gasteiger partial charge on any atom is 0.369 e. The van der Waals surface area contributed by atoms with Gasteiger partial charge in [-0.05, 0) is 11.6 Å². The second-order valence-corrected chi connectivity index (χ2v) is 3.71. The number of hydrogen-bond donors (Lipinski definition) is 0. The van der Waals surface area contributed by atoms with Gasteiger partial charge in [-0.3, -0.25) is 4.79 Å². The van der Waals surface area contributed by atoms with E-state index in [1.807, 2.05) is 0 Å². The number of halogens is 4. The molecule has 0 bridgehead atoms. The Kier molecular flexibility index (Phi) is 5.01. The quantitative estimate of drug-likeness (QED) is 0.275. The largest absolute Gasteiger partial charge is 0.465 e. The first kappa shape index (κ1) is 15.9. The summed E-state index contributed by atoms with van der Waals surface area (Å²) in [5, 5.41) is 0. The molecule has 0 aliphatic carbocycles. The topological polar surface area (TPSA) is 43.4 Å². The molecule has 20 heavy (non-hydrogen) atoms. The third-order valence-electron chi connectivity index (χ3n) is 2.34. The Morgan fingerprint density at radius 3 is 2.20 bits per heavy atom. The molecule has 0 saturated carbocycles. The number of Topliss-reactive ketones (excluding diaryl/α,β-unsaturated/α-hetero) is 1. The minimum atomic E-state index is -4.95. The van der Waals surface area contributed by atoms with Gasteiger partial charge in [-0.25, -0.2) is 13.6 Å². The average molecular weight is 290 g/mol. The summed E-state index contributed by atoms with van der Waals surface area (Å²) in [6, 6.07) is 7.49. The number of carbonyl (C=O) groups is 2. The molecule has 0 radical (unpaired) electrons. The molecule has 0 unspecified atom stereocenters. The lowest BCUT2D eigenvalue weighted by Crippen LogP contribution is -2.39. The molecule has 0 aromatic heterocycles. The SMILES string of the molecule is COC(=O)C(=Cc1ccccc1)C(=O)C(F)(F)C(F)F. The van der Waals surface area contributed by atoms with E-state index in [1.54, 1.807) is 6.07 Å². The van der Waals surface area contributed by atoms with Gasteiger partial charge in [0, 0.05) is 0 Å². The van der Waals surface area contributed by atoms with E-state index in [0.29, 0.717) is 0 Å². The van der Waals surface area contributed by atoms with Crippen LogP contribution < -0.4 is 0 Å². The Morgan fingerprint density at radius 1 is 1.20 bits per heavy atom. The van der Waals surface area contributed by atoms with Crippen molar-refractivity contribution in [2.45, 2.75) is 12.3 Å². The molecule has 0 aliphatic rings. The van der Waals surface area contributed by atoms with Crippen LogP contribution in [0.5, 0.6) is 0 Å². The van der Waals surface area contributed by atoms with Crippen LogP contribution in [-0.2, 0) is 14.3 Å². The first-order chi connectivity index (χ1) is 9.30. The zero-order chi connectivity index (χ0) is 15.3. The summed E-state index contributed by atoms with van der Waals surface area (Å²) in [7, 11) is 0.856. The molecule has 0 atom stereocenters. The predicted molar refractivity (Wildman–Crippen MR) is 62.4 cm³/mol. The van der Waals surface area contributed by atoms with Crippen molar-refractivity contribution in [1.82, 2.24) is 0 Å². The fourth-order valence-corrected chi connectivity index (χ4v) is 1.32. The van der Waals surface area contributed by atoms with Crippen LogP contribution in [0, 0.1) is 0 Å². The number of rotatable bonds is 5. The summed E-state index contributed by atoms with van der Waals surface area (Å²) >= 11 is 0. The molecule has 3 nitrogen and oxygen atoms in total. The van der Waals surface area contributed by atoms with Gasteiger partial charge in [0.05, 0.1) is 7.11 Å². The second-order valence-electron chi connectivity index (χ2n) is 3.71. The molecule has 0 N–H and O–H groups in total. The van der Waals surface area contributed by atoms with E-state index in [2.05, 4.69) is 4.74 Å². The number of methoxy groups -OCH3 is 1. The molecule has 0 amide bonds. The van der Waals surface area contributed by atoms with Gasteiger partial charge in [-0.15, -0.1) is 0 Å². The molecular weight excluding hydrogens is 280 g/mol. The smallest absolute Gasteiger partial charge is 0.369 e. The zero-order valence-electron chi connectivity index (χ0n) is 10.3. The highest BCUT2D eigenvalue weighted by molar-refractivity contribution is 6.23. The lowest BCUT2D eigenvalue weighted by atomic mass is 10.0. The highest BCUT2D eigenvalue weighted by Crippen LogP contribution is 2.28. The fraction of sp³-hybridized carbons (Fsp3) is 0.231. The van der Waals surface area contributed by atoms with Crippen molar-refractivity contribution >= 4 is 17.8 Å². The summed E-state index contributed by atoms with van der Waals surface area (Å²) in [4.78, 5) is 22.7. The summed E-state index contributed by atoms with van der Waals surface area (Å²) in [5.74, 6) is -8.63. The molecule has 0 aliphatic heterocycles. The van der Waals surface area contributed by atoms with Gasteiger partial charge in [-0.1, -0.05) is 30.3 Å². The van der Waals surface area contributed by atoms with E-state index >= 15 is 0 Å². The van der Waals surface area contributed by atoms with Crippen molar-refractivity contribution in [3.05, 3.63) is 41.5 Å². The molecule has 0 fully saturated rings. The van der Waals surface area contributed by atoms with Crippen molar-refractivity contribution in [2.75, 3.05) is 7.11 Å². The fourth-order valence-electron chi connectivity index (χ4n) is 1.32. The number of ether oxygens (including phenoxy) is 1. The maximum atomic E-state index is 13.0. The lowest BCUT2D eigenvalue weighted by molar-refractivity contribution is -0.164. The number of alkyl halides is 4. The van der Waals surface area contributed by atoms with Gasteiger partial charge in [0.2, 0.25) is 5.78 Å².